The highest BCUT2D eigenvalue weighted by Gasteiger charge is 2.33. The first-order valence-corrected chi connectivity index (χ1v) is 12.7. The number of halogens is 4. The van der Waals surface area contributed by atoms with Crippen LogP contribution in [0.25, 0.3) is 0 Å². The highest BCUT2D eigenvalue weighted by Crippen LogP contribution is 2.36. The quantitative estimate of drug-likeness (QED) is 0.359. The number of thiazole rings is 1. The fraction of sp³-hybridized carbons (Fsp3) is 0.375. The molecule has 3 N–H and O–H groups in total. The van der Waals surface area contributed by atoms with E-state index in [4.69, 9.17) is 17.3 Å². The summed E-state index contributed by atoms with van der Waals surface area (Å²) in [6.07, 6.45) is 0.349. The molecule has 1 aliphatic heterocycles. The van der Waals surface area contributed by atoms with E-state index in [1.165, 1.54) is 12.5 Å². The molecular formula is C24H24ClF3N6O2S. The second kappa shape index (κ2) is 11.1. The first-order chi connectivity index (χ1) is 17.5. The van der Waals surface area contributed by atoms with Crippen LogP contribution in [0.3, 0.4) is 0 Å². The molecular weight excluding hydrogens is 529 g/mol. The molecule has 0 aliphatic carbocycles. The standard InChI is InChI=1S/C24H24ClF3N6O2S/c1-13(8-18(35)20-15(21(29)32-12-31-20)11-34-6-2-3-7-34)23-30-10-19(37-23)22(36)33-14-4-5-16(17(25)9-14)24(26,27)28/h4-5,9-10,12-13H,2-3,6-8,11H2,1H3,(H,33,36)(H2,29,31,32). The van der Waals surface area contributed by atoms with E-state index < -0.39 is 22.7 Å². The van der Waals surface area contributed by atoms with Crippen molar-refractivity contribution < 1.29 is 22.8 Å². The van der Waals surface area contributed by atoms with Gasteiger partial charge in [0.15, 0.2) is 5.78 Å². The lowest BCUT2D eigenvalue weighted by molar-refractivity contribution is -0.137. The van der Waals surface area contributed by atoms with Gasteiger partial charge < -0.3 is 11.1 Å². The van der Waals surface area contributed by atoms with E-state index in [1.807, 2.05) is 6.92 Å². The van der Waals surface area contributed by atoms with Gasteiger partial charge in [0.1, 0.15) is 22.7 Å². The first-order valence-electron chi connectivity index (χ1n) is 11.5. The van der Waals surface area contributed by atoms with Gasteiger partial charge in [0.05, 0.1) is 21.8 Å². The predicted molar refractivity (Wildman–Crippen MR) is 135 cm³/mol. The molecule has 3 heterocycles. The number of nitrogens with two attached hydrogens (primary N) is 1. The third-order valence-corrected chi connectivity index (χ3v) is 7.56. The summed E-state index contributed by atoms with van der Waals surface area (Å²) < 4.78 is 38.7. The molecule has 1 saturated heterocycles. The molecule has 2 aromatic heterocycles. The number of rotatable bonds is 8. The molecule has 1 unspecified atom stereocenters. The zero-order valence-electron chi connectivity index (χ0n) is 19.8. The van der Waals surface area contributed by atoms with Crippen LogP contribution < -0.4 is 11.1 Å². The Morgan fingerprint density at radius 1 is 1.22 bits per heavy atom. The Bertz CT molecular complexity index is 1310. The molecule has 0 radical (unpaired) electrons. The van der Waals surface area contributed by atoms with Crippen molar-refractivity contribution in [2.75, 3.05) is 24.1 Å². The molecule has 13 heteroatoms. The molecule has 4 rings (SSSR count). The van der Waals surface area contributed by atoms with Crippen molar-refractivity contribution >= 4 is 46.1 Å². The zero-order valence-corrected chi connectivity index (χ0v) is 21.4. The third-order valence-electron chi connectivity index (χ3n) is 6.02. The fourth-order valence-corrected chi connectivity index (χ4v) is 5.24. The summed E-state index contributed by atoms with van der Waals surface area (Å²) in [6.45, 7) is 4.19. The number of anilines is 2. The monoisotopic (exact) mass is 552 g/mol. The SMILES string of the molecule is CC(CC(=O)c1ncnc(N)c1CN1CCCC1)c1ncc(C(=O)Nc2ccc(C(F)(F)F)c(Cl)c2)s1. The van der Waals surface area contributed by atoms with Gasteiger partial charge >= 0.3 is 6.18 Å². The van der Waals surface area contributed by atoms with Crippen LogP contribution in [0.4, 0.5) is 24.7 Å². The van der Waals surface area contributed by atoms with Gasteiger partial charge in [-0.2, -0.15) is 13.2 Å². The second-order valence-corrected chi connectivity index (χ2v) is 10.3. The second-order valence-electron chi connectivity index (χ2n) is 8.81. The minimum absolute atomic E-state index is 0.104. The first kappa shape index (κ1) is 27.0. The van der Waals surface area contributed by atoms with Crippen molar-refractivity contribution in [2.24, 2.45) is 0 Å². The van der Waals surface area contributed by atoms with Crippen LogP contribution in [0, 0.1) is 0 Å². The van der Waals surface area contributed by atoms with Gasteiger partial charge in [-0.15, -0.1) is 11.3 Å². The average molecular weight is 553 g/mol. The lowest BCUT2D eigenvalue weighted by atomic mass is 10.0. The number of hydrogen-bond acceptors (Lipinski definition) is 8. The lowest BCUT2D eigenvalue weighted by Gasteiger charge is -2.18. The van der Waals surface area contributed by atoms with Crippen molar-refractivity contribution in [1.82, 2.24) is 19.9 Å². The Morgan fingerprint density at radius 2 is 1.95 bits per heavy atom. The number of Topliss-reactive ketones (excluding diaryl/α,β-unsaturated/α-hetero) is 1. The number of ketones is 1. The Balaban J connectivity index is 1.42. The number of benzene rings is 1. The van der Waals surface area contributed by atoms with E-state index in [0.717, 1.165) is 55.5 Å². The van der Waals surface area contributed by atoms with E-state index in [1.54, 1.807) is 0 Å². The van der Waals surface area contributed by atoms with E-state index in [0.29, 0.717) is 22.8 Å². The molecule has 3 aromatic rings. The fourth-order valence-electron chi connectivity index (χ4n) is 4.08. The molecule has 37 heavy (non-hydrogen) atoms. The Kier molecular flexibility index (Phi) is 8.10. The lowest BCUT2D eigenvalue weighted by Crippen LogP contribution is -2.23. The molecule has 1 aliphatic rings. The van der Waals surface area contributed by atoms with E-state index in [9.17, 15) is 22.8 Å². The van der Waals surface area contributed by atoms with Crippen LogP contribution in [0.2, 0.25) is 5.02 Å². The highest BCUT2D eigenvalue weighted by molar-refractivity contribution is 7.13. The number of nitrogen functional groups attached to an aromatic ring is 1. The molecule has 1 amide bonds. The summed E-state index contributed by atoms with van der Waals surface area (Å²) in [5.74, 6) is -0.768. The summed E-state index contributed by atoms with van der Waals surface area (Å²) in [5.41, 5.74) is 6.11. The molecule has 0 spiro atoms. The molecule has 1 atom stereocenters. The number of carbonyl (C=O) groups excluding carboxylic acids is 2. The summed E-state index contributed by atoms with van der Waals surface area (Å²) in [4.78, 5) is 40.7. The smallest absolute Gasteiger partial charge is 0.383 e. The van der Waals surface area contributed by atoms with Crippen LogP contribution in [-0.2, 0) is 12.7 Å². The largest absolute Gasteiger partial charge is 0.417 e. The number of alkyl halides is 3. The topological polar surface area (TPSA) is 114 Å². The number of likely N-dealkylation sites (tertiary alicyclic amines) is 1. The maximum absolute atomic E-state index is 13.1. The van der Waals surface area contributed by atoms with Crippen molar-refractivity contribution in [3.05, 3.63) is 62.5 Å². The van der Waals surface area contributed by atoms with Gasteiger partial charge in [0.2, 0.25) is 0 Å². The third kappa shape index (κ3) is 6.43. The van der Waals surface area contributed by atoms with Crippen LogP contribution in [0.1, 0.15) is 68.4 Å². The number of nitrogens with zero attached hydrogens (tertiary/aromatic N) is 4. The van der Waals surface area contributed by atoms with Gasteiger partial charge in [-0.25, -0.2) is 15.0 Å². The van der Waals surface area contributed by atoms with Crippen molar-refractivity contribution in [3.8, 4) is 0 Å². The molecule has 0 saturated carbocycles. The maximum atomic E-state index is 13.1. The van der Waals surface area contributed by atoms with Crippen LogP contribution in [0.15, 0.2) is 30.7 Å². The van der Waals surface area contributed by atoms with Crippen LogP contribution >= 0.6 is 22.9 Å². The minimum atomic E-state index is -4.59. The predicted octanol–water partition coefficient (Wildman–Crippen LogP) is 5.41. The van der Waals surface area contributed by atoms with E-state index >= 15 is 0 Å². The summed E-state index contributed by atoms with van der Waals surface area (Å²) in [5, 5.41) is 2.57. The maximum Gasteiger partial charge on any atom is 0.417 e. The van der Waals surface area contributed by atoms with E-state index in [2.05, 4.69) is 25.2 Å². The van der Waals surface area contributed by atoms with Crippen molar-refractivity contribution in [1.29, 1.82) is 0 Å². The normalized spacial score (nSPS) is 15.1. The number of nitrogens with one attached hydrogen (secondary N) is 1. The van der Waals surface area contributed by atoms with Crippen molar-refractivity contribution in [3.63, 3.8) is 0 Å². The zero-order chi connectivity index (χ0) is 26.7. The van der Waals surface area contributed by atoms with Crippen molar-refractivity contribution in [2.45, 2.75) is 44.8 Å². The van der Waals surface area contributed by atoms with Gasteiger partial charge in [0.25, 0.3) is 5.91 Å². The molecule has 1 fully saturated rings. The van der Waals surface area contributed by atoms with Gasteiger partial charge in [0, 0.05) is 30.1 Å². The Labute approximate surface area is 220 Å². The number of hydrogen-bond donors (Lipinski definition) is 2. The summed E-state index contributed by atoms with van der Waals surface area (Å²) in [6, 6.07) is 2.98. The molecule has 196 valence electrons. The Hall–Kier alpha value is -3.09. The van der Waals surface area contributed by atoms with Gasteiger partial charge in [-0.05, 0) is 44.1 Å². The average Bonchev–Trinajstić information content (AvgIpc) is 3.52. The summed E-state index contributed by atoms with van der Waals surface area (Å²) in [7, 11) is 0. The number of aromatic nitrogens is 3. The minimum Gasteiger partial charge on any atom is -0.383 e. The van der Waals surface area contributed by atoms with Gasteiger partial charge in [-0.3, -0.25) is 14.5 Å². The number of amides is 1. The van der Waals surface area contributed by atoms with Crippen LogP contribution in [-0.4, -0.2) is 44.6 Å². The Morgan fingerprint density at radius 3 is 2.62 bits per heavy atom. The van der Waals surface area contributed by atoms with Crippen LogP contribution in [0.5, 0.6) is 0 Å². The van der Waals surface area contributed by atoms with E-state index in [-0.39, 0.29) is 34.5 Å². The molecule has 1 aromatic carbocycles. The molecule has 0 bridgehead atoms. The highest BCUT2D eigenvalue weighted by atomic mass is 35.5. The van der Waals surface area contributed by atoms with Gasteiger partial charge in [-0.1, -0.05) is 18.5 Å². The number of carbonyl (C=O) groups is 2. The molecule has 8 nitrogen and oxygen atoms in total. The summed E-state index contributed by atoms with van der Waals surface area (Å²) >= 11 is 6.82.